The quantitative estimate of drug-likeness (QED) is 0.0562. The van der Waals surface area contributed by atoms with Crippen LogP contribution in [0.1, 0.15) is 94.7 Å². The van der Waals surface area contributed by atoms with Crippen LogP contribution in [0.25, 0.3) is 11.2 Å². The Morgan fingerprint density at radius 1 is 1.09 bits per heavy atom. The third kappa shape index (κ3) is 11.5. The van der Waals surface area contributed by atoms with Crippen molar-refractivity contribution in [1.82, 2.24) is 29.5 Å². The van der Waals surface area contributed by atoms with Gasteiger partial charge in [-0.1, -0.05) is 69.2 Å². The average Bonchev–Trinajstić information content (AvgIpc) is 3.91. The Morgan fingerprint density at radius 2 is 1.80 bits per heavy atom. The molecule has 360 valence electrons. The Morgan fingerprint density at radius 3 is 2.42 bits per heavy atom. The zero-order valence-corrected chi connectivity index (χ0v) is 43.2. The first kappa shape index (κ1) is 51.5. The van der Waals surface area contributed by atoms with Crippen molar-refractivity contribution in [3.63, 3.8) is 0 Å². The summed E-state index contributed by atoms with van der Waals surface area (Å²) in [5, 5.41) is 15.6. The number of imidazole rings is 1. The smallest absolute Gasteiger partial charge is 0.335 e. The molecule has 26 heteroatoms. The predicted molar refractivity (Wildman–Crippen MR) is 249 cm³/mol. The molecule has 2 saturated heterocycles. The molecule has 0 spiro atoms. The van der Waals surface area contributed by atoms with Crippen LogP contribution >= 0.6 is 15.0 Å². The molecule has 5 heterocycles. The SMILES string of the molecule is CC(C)C(=O)Nc1nc2c(ncn2[C@@H]2O[C@@H]3CO[Si](C(C)C)(C(C)C)O[Si](C(C)C)(C(C)C)O[C@H]3[C@@H]2OP(=S)(OCCC#N)OC[C@H]2C[C@@H](Nc3ccncn3)C[C@@H]2O[PH](=O)O)c(=O)[nH]1. The summed E-state index contributed by atoms with van der Waals surface area (Å²) in [7, 11) is -9.72. The minimum absolute atomic E-state index is 0.0274. The van der Waals surface area contributed by atoms with E-state index in [9.17, 15) is 24.3 Å². The van der Waals surface area contributed by atoms with Crippen molar-refractivity contribution < 1.29 is 50.1 Å². The van der Waals surface area contributed by atoms with Crippen LogP contribution in [0.5, 0.6) is 0 Å². The van der Waals surface area contributed by atoms with Gasteiger partial charge in [0.05, 0.1) is 44.7 Å². The molecule has 2 aliphatic heterocycles. The fourth-order valence-corrected chi connectivity index (χ4v) is 22.6. The standard InChI is InChI=1S/C39H63N9O12P2SSi2/c1-22(2)36(49)46-39-45-35-32(37(50)47-39)43-21-48(35)38-34(33-30(56-38)19-55-64(23(3)4,24(5)6)60-65(59-33,25(7)8)26(9)10)58-62(63,53-15-11-13-40)54-18-27-16-28(17-29(27)57-61(51)52)44-31-12-14-41-20-42-31/h12,14,20-30,33-34,38,61H,11,15-19H2,1-10H3,(H,51,52)(H,41,42,44)(H2,45,46,47,49,50)/t27-,28-,29+,30-,33-,34+,38-,62?/m1/s1. The van der Waals surface area contributed by atoms with E-state index in [1.165, 1.54) is 17.2 Å². The Bertz CT molecular complexity index is 2270. The molecule has 3 aromatic rings. The summed E-state index contributed by atoms with van der Waals surface area (Å²) in [6, 6.07) is 3.58. The van der Waals surface area contributed by atoms with Crippen LogP contribution < -0.4 is 16.2 Å². The Labute approximate surface area is 387 Å². The molecule has 3 fully saturated rings. The monoisotopic (exact) mass is 999 g/mol. The lowest BCUT2D eigenvalue weighted by atomic mass is 10.1. The summed E-state index contributed by atoms with van der Waals surface area (Å²) in [5.41, 5.74) is -0.623. The molecular weight excluding hydrogens is 937 g/mol. The van der Waals surface area contributed by atoms with Gasteiger partial charge in [-0.2, -0.15) is 10.2 Å². The molecule has 1 amide bonds. The number of H-pyrrole nitrogens is 1. The maximum Gasteiger partial charge on any atom is 0.335 e. The lowest BCUT2D eigenvalue weighted by Gasteiger charge is -2.51. The summed E-state index contributed by atoms with van der Waals surface area (Å²) in [6.07, 6.45) is 0.483. The molecule has 0 radical (unpaired) electrons. The second-order valence-corrected chi connectivity index (χ2v) is 30.7. The summed E-state index contributed by atoms with van der Waals surface area (Å²) in [5.74, 6) is -0.741. The minimum atomic E-state index is -3.92. The van der Waals surface area contributed by atoms with Gasteiger partial charge >= 0.3 is 32.1 Å². The highest BCUT2D eigenvalue weighted by Crippen LogP contribution is 2.57. The minimum Gasteiger partial charge on any atom is -0.414 e. The number of carbonyl (C=O) groups excluding carboxylic acids is 1. The van der Waals surface area contributed by atoms with Crippen molar-refractivity contribution in [2.24, 2.45) is 11.8 Å². The van der Waals surface area contributed by atoms with Gasteiger partial charge < -0.3 is 41.5 Å². The Hall–Kier alpha value is -2.86. The first-order valence-corrected chi connectivity index (χ1v) is 29.8. The van der Waals surface area contributed by atoms with Crippen molar-refractivity contribution in [1.29, 1.82) is 5.26 Å². The van der Waals surface area contributed by atoms with Crippen molar-refractivity contribution in [2.45, 2.75) is 147 Å². The number of ether oxygens (including phenoxy) is 1. The van der Waals surface area contributed by atoms with Crippen molar-refractivity contribution >= 4 is 72.7 Å². The van der Waals surface area contributed by atoms with Crippen LogP contribution in [0.3, 0.4) is 0 Å². The van der Waals surface area contributed by atoms with E-state index in [1.807, 2.05) is 0 Å². The van der Waals surface area contributed by atoms with Crippen LogP contribution in [0.4, 0.5) is 11.8 Å². The maximum absolute atomic E-state index is 13.5. The average molecular weight is 1000 g/mol. The molecule has 3 aromatic heterocycles. The van der Waals surface area contributed by atoms with E-state index in [-0.39, 0.29) is 77.5 Å². The first-order chi connectivity index (χ1) is 30.7. The molecule has 0 aromatic carbocycles. The maximum atomic E-state index is 13.5. The lowest BCUT2D eigenvalue weighted by Crippen LogP contribution is -2.65. The van der Waals surface area contributed by atoms with Crippen LogP contribution in [0.15, 0.2) is 29.7 Å². The van der Waals surface area contributed by atoms with Gasteiger partial charge in [-0.25, -0.2) is 15.0 Å². The van der Waals surface area contributed by atoms with E-state index in [1.54, 1.807) is 26.1 Å². The summed E-state index contributed by atoms with van der Waals surface area (Å²) in [4.78, 5) is 56.0. The molecule has 3 aliphatic rings. The third-order valence-electron chi connectivity index (χ3n) is 12.1. The third-order valence-corrected chi connectivity index (χ3v) is 25.2. The topological polar surface area (TPSA) is 265 Å². The van der Waals surface area contributed by atoms with Crippen molar-refractivity contribution in [3.05, 3.63) is 35.3 Å². The molecule has 1 aliphatic carbocycles. The Balaban J connectivity index is 1.44. The van der Waals surface area contributed by atoms with Crippen LogP contribution in [0, 0.1) is 23.2 Å². The molecule has 4 N–H and O–H groups in total. The van der Waals surface area contributed by atoms with Gasteiger partial charge in [-0.05, 0) is 52.9 Å². The fourth-order valence-electron chi connectivity index (χ4n) is 8.77. The molecule has 9 atom stereocenters. The molecular formula is C39H63N9O12P2SSi2. The number of fused-ring (bicyclic) bond motifs is 2. The lowest BCUT2D eigenvalue weighted by molar-refractivity contribution is -0.118. The van der Waals surface area contributed by atoms with Crippen molar-refractivity contribution in [3.8, 4) is 6.07 Å². The van der Waals surface area contributed by atoms with Gasteiger partial charge in [-0.15, -0.1) is 0 Å². The van der Waals surface area contributed by atoms with E-state index in [2.05, 4.69) is 97.0 Å². The Kier molecular flexibility index (Phi) is 17.1. The number of amides is 1. The number of hydrogen-bond donors (Lipinski definition) is 4. The zero-order chi connectivity index (χ0) is 47.4. The van der Waals surface area contributed by atoms with Gasteiger partial charge in [0.1, 0.15) is 30.5 Å². The van der Waals surface area contributed by atoms with E-state index >= 15 is 0 Å². The highest BCUT2D eigenvalue weighted by Gasteiger charge is 2.63. The highest BCUT2D eigenvalue weighted by atomic mass is 32.5. The number of aromatic nitrogens is 6. The number of aromatic amines is 1. The van der Waals surface area contributed by atoms with E-state index in [4.69, 9.17) is 47.6 Å². The number of nitrogens with one attached hydrogen (secondary N) is 3. The molecule has 6 rings (SSSR count). The second kappa shape index (κ2) is 21.6. The van der Waals surface area contributed by atoms with Crippen LogP contribution in [-0.2, 0) is 57.0 Å². The number of anilines is 2. The molecule has 0 bridgehead atoms. The van der Waals surface area contributed by atoms with Crippen LogP contribution in [0.2, 0.25) is 22.2 Å². The van der Waals surface area contributed by atoms with E-state index in [0.717, 1.165) is 0 Å². The molecule has 21 nitrogen and oxygen atoms in total. The molecule has 65 heavy (non-hydrogen) atoms. The number of nitriles is 1. The van der Waals surface area contributed by atoms with E-state index in [0.29, 0.717) is 18.7 Å². The largest absolute Gasteiger partial charge is 0.414 e. The molecule has 2 unspecified atom stereocenters. The van der Waals surface area contributed by atoms with E-state index < -0.39 is 80.1 Å². The number of nitrogens with zero attached hydrogens (tertiary/aromatic N) is 6. The highest BCUT2D eigenvalue weighted by molar-refractivity contribution is 8.07. The fraction of sp³-hybridized carbons (Fsp3) is 0.718. The van der Waals surface area contributed by atoms with Crippen LogP contribution in [-0.4, -0.2) is 108 Å². The van der Waals surface area contributed by atoms with Gasteiger partial charge in [0.25, 0.3) is 5.56 Å². The summed E-state index contributed by atoms with van der Waals surface area (Å²) >= 11 is 6.22. The zero-order valence-electron chi connectivity index (χ0n) is 38.5. The van der Waals surface area contributed by atoms with Gasteiger partial charge in [0.15, 0.2) is 17.4 Å². The predicted octanol–water partition coefficient (Wildman–Crippen LogP) is 6.57. The number of hydrogen-bond acceptors (Lipinski definition) is 18. The first-order valence-electron chi connectivity index (χ1n) is 22.0. The summed E-state index contributed by atoms with van der Waals surface area (Å²) in [6.45, 7) is 16.1. The van der Waals surface area contributed by atoms with Gasteiger partial charge in [0.2, 0.25) is 11.9 Å². The van der Waals surface area contributed by atoms with Gasteiger partial charge in [-0.3, -0.25) is 33.5 Å². The van der Waals surface area contributed by atoms with Crippen molar-refractivity contribution in [2.75, 3.05) is 30.5 Å². The second-order valence-electron chi connectivity index (χ2n) is 18.1. The number of carbonyl (C=O) groups is 1. The molecule has 1 saturated carbocycles. The van der Waals surface area contributed by atoms with Gasteiger partial charge in [0, 0.05) is 24.1 Å². The number of rotatable bonds is 19. The summed E-state index contributed by atoms with van der Waals surface area (Å²) < 4.78 is 67.9. The normalized spacial score (nSPS) is 26.8.